The zero-order chi connectivity index (χ0) is 28.5. The van der Waals surface area contributed by atoms with Crippen molar-refractivity contribution in [2.45, 2.75) is 60.9 Å². The summed E-state index contributed by atoms with van der Waals surface area (Å²) in [5.74, 6) is -3.51. The maximum atomic E-state index is 13.1. The van der Waals surface area contributed by atoms with Crippen LogP contribution in [0.2, 0.25) is 0 Å². The number of phenols is 1. The molecule has 5 aliphatic rings. The molecule has 0 amide bonds. The predicted octanol–water partition coefficient (Wildman–Crippen LogP) is -2.32. The van der Waals surface area contributed by atoms with Crippen LogP contribution < -0.4 is 0 Å². The molecule has 1 aliphatic carbocycles. The fourth-order valence-electron chi connectivity index (χ4n) is 6.20. The summed E-state index contributed by atoms with van der Waals surface area (Å²) in [6, 6.07) is 5.89. The number of ether oxygens (including phenoxy) is 6. The minimum atomic E-state index is -1.79. The van der Waals surface area contributed by atoms with Gasteiger partial charge in [0.05, 0.1) is 43.1 Å². The highest BCUT2D eigenvalue weighted by Crippen LogP contribution is 2.64. The van der Waals surface area contributed by atoms with Crippen LogP contribution >= 0.6 is 0 Å². The molecule has 216 valence electrons. The fraction of sp³-hybridized carbons (Fsp3) is 0.538. The van der Waals surface area contributed by atoms with E-state index in [2.05, 4.69) is 0 Å². The first-order valence-corrected chi connectivity index (χ1v) is 12.6. The van der Waals surface area contributed by atoms with Crippen LogP contribution in [0.15, 0.2) is 41.7 Å². The van der Waals surface area contributed by atoms with Crippen molar-refractivity contribution in [1.82, 2.24) is 0 Å². The summed E-state index contributed by atoms with van der Waals surface area (Å²) in [5, 5.41) is 61.6. The van der Waals surface area contributed by atoms with Gasteiger partial charge >= 0.3 is 11.9 Å². The van der Waals surface area contributed by atoms with Crippen LogP contribution in [-0.4, -0.2) is 117 Å². The van der Waals surface area contributed by atoms with Gasteiger partial charge < -0.3 is 59.1 Å². The molecule has 0 radical (unpaired) electrons. The highest BCUT2D eigenvalue weighted by atomic mass is 16.8. The molecule has 14 nitrogen and oxygen atoms in total. The Hall–Kier alpha value is -3.08. The molecule has 1 spiro atoms. The van der Waals surface area contributed by atoms with E-state index in [4.69, 9.17) is 28.4 Å². The van der Waals surface area contributed by atoms with Crippen LogP contribution in [-0.2, 0) is 38.0 Å². The summed E-state index contributed by atoms with van der Waals surface area (Å²) in [6.07, 6.45) is -10.1. The summed E-state index contributed by atoms with van der Waals surface area (Å²) in [6.45, 7) is -0.696. The van der Waals surface area contributed by atoms with Gasteiger partial charge in [-0.25, -0.2) is 9.59 Å². The maximum Gasteiger partial charge on any atom is 0.337 e. The normalized spacial score (nSPS) is 44.5. The molecule has 3 saturated heterocycles. The lowest BCUT2D eigenvalue weighted by molar-refractivity contribution is -0.350. The number of methoxy groups -OCH3 is 1. The van der Waals surface area contributed by atoms with Gasteiger partial charge in [0.15, 0.2) is 11.9 Å². The number of esters is 2. The molecule has 1 unspecified atom stereocenters. The number of fused-ring (bicyclic) bond motifs is 5. The molecule has 14 heteroatoms. The number of carbonyl (C=O) groups is 2. The smallest absolute Gasteiger partial charge is 0.337 e. The minimum absolute atomic E-state index is 0.00990. The predicted molar refractivity (Wildman–Crippen MR) is 126 cm³/mol. The molecule has 6 N–H and O–H groups in total. The summed E-state index contributed by atoms with van der Waals surface area (Å²) < 4.78 is 33.6. The summed E-state index contributed by atoms with van der Waals surface area (Å²) in [4.78, 5) is 25.8. The van der Waals surface area contributed by atoms with Crippen LogP contribution in [0, 0.1) is 11.8 Å². The highest BCUT2D eigenvalue weighted by molar-refractivity contribution is 5.98. The van der Waals surface area contributed by atoms with E-state index in [0.717, 1.165) is 6.26 Å². The van der Waals surface area contributed by atoms with E-state index in [0.29, 0.717) is 5.56 Å². The SMILES string of the molecule is COC(=O)C1=CO[C@@H](O[C@@H]2O[C@H](CO)[C@H](O)[C@H](O)[C@H]2O)[C@H]2[C@@H]1[C@@H]1O[C@@H]1C21OC(=O)/C(=C/c2ccc(O)cc2)[C@H]1O. The number of benzene rings is 1. The number of hydrogen-bond donors (Lipinski definition) is 6. The Morgan fingerprint density at radius 2 is 1.77 bits per heavy atom. The van der Waals surface area contributed by atoms with Gasteiger partial charge in [-0.1, -0.05) is 12.1 Å². The Balaban J connectivity index is 1.37. The van der Waals surface area contributed by atoms with Gasteiger partial charge in [-0.15, -0.1) is 0 Å². The average Bonchev–Trinajstić information content (AvgIpc) is 3.65. The molecule has 4 aliphatic heterocycles. The molecule has 0 aromatic heterocycles. The largest absolute Gasteiger partial charge is 0.508 e. The van der Waals surface area contributed by atoms with Crippen molar-refractivity contribution in [2.75, 3.05) is 13.7 Å². The van der Waals surface area contributed by atoms with E-state index in [1.807, 2.05) is 0 Å². The van der Waals surface area contributed by atoms with E-state index < -0.39 is 91.3 Å². The monoisotopic (exact) mass is 564 g/mol. The van der Waals surface area contributed by atoms with Crippen LogP contribution in [0.5, 0.6) is 5.75 Å². The third-order valence-electron chi connectivity index (χ3n) is 8.19. The summed E-state index contributed by atoms with van der Waals surface area (Å²) in [7, 11) is 1.17. The Morgan fingerprint density at radius 3 is 2.45 bits per heavy atom. The molecule has 6 rings (SSSR count). The highest BCUT2D eigenvalue weighted by Gasteiger charge is 2.81. The van der Waals surface area contributed by atoms with E-state index >= 15 is 0 Å². The number of aliphatic hydroxyl groups excluding tert-OH is 5. The number of phenolic OH excluding ortho intramolecular Hbond substituents is 1. The third-order valence-corrected chi connectivity index (χ3v) is 8.19. The number of rotatable bonds is 5. The third kappa shape index (κ3) is 3.94. The Labute approximate surface area is 226 Å². The molecule has 1 aromatic rings. The topological polar surface area (TPSA) is 214 Å². The molecule has 40 heavy (non-hydrogen) atoms. The zero-order valence-corrected chi connectivity index (χ0v) is 21.0. The molecule has 0 bridgehead atoms. The lowest BCUT2D eigenvalue weighted by Crippen LogP contribution is -2.62. The average molecular weight is 564 g/mol. The van der Waals surface area contributed by atoms with Crippen molar-refractivity contribution < 1.29 is 68.6 Å². The quantitative estimate of drug-likeness (QED) is 0.126. The number of aromatic hydroxyl groups is 1. The molecule has 4 fully saturated rings. The molecular weight excluding hydrogens is 536 g/mol. The number of aliphatic hydroxyl groups is 5. The molecule has 12 atom stereocenters. The second-order valence-corrected chi connectivity index (χ2v) is 10.3. The van der Waals surface area contributed by atoms with Crippen LogP contribution in [0.3, 0.4) is 0 Å². The molecule has 1 saturated carbocycles. The van der Waals surface area contributed by atoms with Crippen molar-refractivity contribution in [3.8, 4) is 5.75 Å². The maximum absolute atomic E-state index is 13.1. The molecular formula is C26H28O14. The Bertz CT molecular complexity index is 1240. The minimum Gasteiger partial charge on any atom is -0.508 e. The summed E-state index contributed by atoms with van der Waals surface area (Å²) in [5.41, 5.74) is -1.36. The molecule has 1 aromatic carbocycles. The van der Waals surface area contributed by atoms with E-state index in [-0.39, 0.29) is 16.9 Å². The fourth-order valence-corrected chi connectivity index (χ4v) is 6.20. The van der Waals surface area contributed by atoms with Crippen molar-refractivity contribution >= 4 is 18.0 Å². The number of carbonyl (C=O) groups excluding carboxylic acids is 2. The molecule has 4 heterocycles. The zero-order valence-electron chi connectivity index (χ0n) is 21.0. The van der Waals surface area contributed by atoms with E-state index in [1.54, 1.807) is 0 Å². The van der Waals surface area contributed by atoms with Crippen molar-refractivity contribution in [3.05, 3.63) is 47.2 Å². The van der Waals surface area contributed by atoms with Crippen molar-refractivity contribution in [2.24, 2.45) is 11.8 Å². The first-order chi connectivity index (χ1) is 19.1. The van der Waals surface area contributed by atoms with Crippen LogP contribution in [0.1, 0.15) is 5.56 Å². The van der Waals surface area contributed by atoms with Crippen LogP contribution in [0.25, 0.3) is 6.08 Å². The van der Waals surface area contributed by atoms with Gasteiger partial charge in [-0.2, -0.15) is 0 Å². The van der Waals surface area contributed by atoms with Crippen molar-refractivity contribution in [3.63, 3.8) is 0 Å². The van der Waals surface area contributed by atoms with E-state index in [9.17, 15) is 40.2 Å². The lowest BCUT2D eigenvalue weighted by Gasteiger charge is -2.45. The van der Waals surface area contributed by atoms with Gasteiger partial charge in [-0.05, 0) is 23.8 Å². The lowest BCUT2D eigenvalue weighted by atomic mass is 9.75. The van der Waals surface area contributed by atoms with Crippen molar-refractivity contribution in [1.29, 1.82) is 0 Å². The van der Waals surface area contributed by atoms with Gasteiger partial charge in [0.25, 0.3) is 0 Å². The summed E-state index contributed by atoms with van der Waals surface area (Å²) >= 11 is 0. The van der Waals surface area contributed by atoms with Gasteiger partial charge in [0.1, 0.15) is 42.4 Å². The Morgan fingerprint density at radius 1 is 1.05 bits per heavy atom. The van der Waals surface area contributed by atoms with Crippen LogP contribution in [0.4, 0.5) is 0 Å². The van der Waals surface area contributed by atoms with Gasteiger partial charge in [0, 0.05) is 5.92 Å². The van der Waals surface area contributed by atoms with E-state index in [1.165, 1.54) is 37.5 Å². The first kappa shape index (κ1) is 27.1. The second kappa shape index (κ2) is 9.78. The second-order valence-electron chi connectivity index (χ2n) is 10.3. The van der Waals surface area contributed by atoms with Gasteiger partial charge in [-0.3, -0.25) is 0 Å². The standard InChI is InChI=1S/C26H28O14/c1-35-22(33)12-8-36-24(39-25-18(31)17(30)16(29)13(7-27)37-25)15-14(12)19-21(38-19)26(15)20(32)11(23(34)40-26)6-9-2-4-10(28)5-3-9/h2-6,8,13-21,24-25,27-32H,7H2,1H3/b11-6+/t13-,14-,15-,16+,17+,18-,19+,20-,21+,24+,25+,26?/m1/s1. The first-order valence-electron chi connectivity index (χ1n) is 12.6. The number of hydrogen-bond acceptors (Lipinski definition) is 14. The number of epoxide rings is 1. The van der Waals surface area contributed by atoms with Gasteiger partial charge in [0.2, 0.25) is 6.29 Å². The Kier molecular flexibility index (Phi) is 6.63.